The first-order valence-corrected chi connectivity index (χ1v) is 11.5. The number of fused-ring (bicyclic) bond motifs is 1. The molecular formula is C21H24ClFN2O2S. The second-order valence-corrected chi connectivity index (χ2v) is 10.1. The van der Waals surface area contributed by atoms with Gasteiger partial charge in [-0.3, -0.25) is 0 Å². The van der Waals surface area contributed by atoms with Gasteiger partial charge in [0.25, 0.3) is 0 Å². The van der Waals surface area contributed by atoms with Crippen LogP contribution in [0.1, 0.15) is 32.1 Å². The highest BCUT2D eigenvalue weighted by atomic mass is 35.5. The van der Waals surface area contributed by atoms with Crippen LogP contribution in [0.2, 0.25) is 5.02 Å². The van der Waals surface area contributed by atoms with Gasteiger partial charge >= 0.3 is 0 Å². The number of hydrogen-bond donors (Lipinski definition) is 1. The van der Waals surface area contributed by atoms with Crippen molar-refractivity contribution in [3.63, 3.8) is 0 Å². The molecule has 1 aliphatic carbocycles. The summed E-state index contributed by atoms with van der Waals surface area (Å²) in [5.74, 6) is 0.0151. The van der Waals surface area contributed by atoms with Crippen molar-refractivity contribution < 1.29 is 12.8 Å². The Morgan fingerprint density at radius 1 is 1.11 bits per heavy atom. The zero-order chi connectivity index (χ0) is 19.9. The lowest BCUT2D eigenvalue weighted by Gasteiger charge is -2.34. The predicted molar refractivity (Wildman–Crippen MR) is 111 cm³/mol. The standard InChI is InChI=1S/C21H24ClFN2O2S/c1-25-20(15-5-3-2-4-6-15)13-24-19-12-18(22)17(11-21(19)28(25,26)27)14-7-9-16(23)10-8-14/h7-12,15,20,24H,2-6,13H2,1H3/t20-/m0/s1. The topological polar surface area (TPSA) is 49.4 Å². The van der Waals surface area contributed by atoms with Crippen molar-refractivity contribution in [1.82, 2.24) is 4.31 Å². The number of rotatable bonds is 2. The van der Waals surface area contributed by atoms with Crippen LogP contribution in [0.25, 0.3) is 11.1 Å². The maximum atomic E-state index is 13.4. The van der Waals surface area contributed by atoms with E-state index in [4.69, 9.17) is 11.6 Å². The molecule has 0 aromatic heterocycles. The molecule has 2 aromatic rings. The van der Waals surface area contributed by atoms with Gasteiger partial charge in [0.2, 0.25) is 10.0 Å². The average molecular weight is 423 g/mol. The minimum absolute atomic E-state index is 0.0780. The molecule has 2 aliphatic rings. The van der Waals surface area contributed by atoms with Crippen molar-refractivity contribution in [2.24, 2.45) is 5.92 Å². The largest absolute Gasteiger partial charge is 0.382 e. The number of benzene rings is 2. The van der Waals surface area contributed by atoms with Gasteiger partial charge in [-0.25, -0.2) is 12.8 Å². The zero-order valence-electron chi connectivity index (χ0n) is 15.8. The van der Waals surface area contributed by atoms with E-state index in [2.05, 4.69) is 5.32 Å². The van der Waals surface area contributed by atoms with Crippen LogP contribution in [-0.4, -0.2) is 32.4 Å². The van der Waals surface area contributed by atoms with Crippen molar-refractivity contribution >= 4 is 27.3 Å². The Labute approximate surface area is 170 Å². The van der Waals surface area contributed by atoms with Crippen LogP contribution in [0.5, 0.6) is 0 Å². The van der Waals surface area contributed by atoms with E-state index in [1.807, 2.05) is 0 Å². The molecule has 1 aliphatic heterocycles. The van der Waals surface area contributed by atoms with Gasteiger partial charge in [0.1, 0.15) is 10.7 Å². The molecule has 0 radical (unpaired) electrons. The summed E-state index contributed by atoms with van der Waals surface area (Å²) in [6.45, 7) is 0.569. The third kappa shape index (κ3) is 3.53. The second kappa shape index (κ2) is 7.65. The van der Waals surface area contributed by atoms with Crippen LogP contribution in [0, 0.1) is 11.7 Å². The third-order valence-corrected chi connectivity index (χ3v) is 8.28. The number of sulfonamides is 1. The number of hydrogen-bond acceptors (Lipinski definition) is 3. The van der Waals surface area contributed by atoms with Crippen molar-refractivity contribution in [1.29, 1.82) is 0 Å². The SMILES string of the molecule is CN1[C@H](C2CCCCC2)CNc2cc(Cl)c(-c3ccc(F)cc3)cc2S1(=O)=O. The minimum Gasteiger partial charge on any atom is -0.382 e. The Kier molecular flexibility index (Phi) is 5.38. The average Bonchev–Trinajstić information content (AvgIpc) is 2.78. The Morgan fingerprint density at radius 3 is 2.46 bits per heavy atom. The normalized spacial score (nSPS) is 22.9. The van der Waals surface area contributed by atoms with Crippen LogP contribution >= 0.6 is 11.6 Å². The molecule has 7 heteroatoms. The Balaban J connectivity index is 1.76. The maximum Gasteiger partial charge on any atom is 0.245 e. The molecule has 1 atom stereocenters. The molecule has 28 heavy (non-hydrogen) atoms. The summed E-state index contributed by atoms with van der Waals surface area (Å²) in [5.41, 5.74) is 1.79. The quantitative estimate of drug-likeness (QED) is 0.728. The molecule has 0 saturated heterocycles. The van der Waals surface area contributed by atoms with Crippen molar-refractivity contribution in [2.45, 2.75) is 43.0 Å². The highest BCUT2D eigenvalue weighted by Gasteiger charge is 2.38. The van der Waals surface area contributed by atoms with Crippen LogP contribution in [-0.2, 0) is 10.0 Å². The van der Waals surface area contributed by atoms with Gasteiger partial charge in [0.15, 0.2) is 0 Å². The molecule has 0 unspecified atom stereocenters. The fourth-order valence-corrected chi connectivity index (χ4v) is 6.28. The van der Waals surface area contributed by atoms with E-state index in [9.17, 15) is 12.8 Å². The van der Waals surface area contributed by atoms with E-state index in [0.29, 0.717) is 34.3 Å². The number of likely N-dealkylation sites (N-methyl/N-ethyl adjacent to an activating group) is 1. The molecule has 4 nitrogen and oxygen atoms in total. The Bertz CT molecular complexity index is 973. The monoisotopic (exact) mass is 422 g/mol. The summed E-state index contributed by atoms with van der Waals surface area (Å²) >= 11 is 6.46. The van der Waals surface area contributed by atoms with Crippen LogP contribution in [0.4, 0.5) is 10.1 Å². The fraction of sp³-hybridized carbons (Fsp3) is 0.429. The summed E-state index contributed by atoms with van der Waals surface area (Å²) in [5, 5.41) is 3.76. The van der Waals surface area contributed by atoms with Gasteiger partial charge in [-0.15, -0.1) is 0 Å². The van der Waals surface area contributed by atoms with Gasteiger partial charge < -0.3 is 5.32 Å². The van der Waals surface area contributed by atoms with E-state index in [-0.39, 0.29) is 16.8 Å². The maximum absolute atomic E-state index is 13.4. The third-order valence-electron chi connectivity index (χ3n) is 6.04. The number of nitrogens with one attached hydrogen (secondary N) is 1. The smallest absolute Gasteiger partial charge is 0.245 e. The molecule has 150 valence electrons. The lowest BCUT2D eigenvalue weighted by atomic mass is 9.84. The molecule has 1 heterocycles. The van der Waals surface area contributed by atoms with Crippen LogP contribution in [0.15, 0.2) is 41.3 Å². The molecule has 0 spiro atoms. The summed E-state index contributed by atoms with van der Waals surface area (Å²) in [4.78, 5) is 0.219. The van der Waals surface area contributed by atoms with Crippen molar-refractivity contribution in [2.75, 3.05) is 18.9 Å². The highest BCUT2D eigenvalue weighted by Crippen LogP contribution is 2.40. The number of halogens is 2. The molecule has 1 fully saturated rings. The summed E-state index contributed by atoms with van der Waals surface area (Å²) in [6, 6.07) is 9.09. The first kappa shape index (κ1) is 19.7. The summed E-state index contributed by atoms with van der Waals surface area (Å²) in [6.07, 6.45) is 5.66. The lowest BCUT2D eigenvalue weighted by Crippen LogP contribution is -2.44. The Morgan fingerprint density at radius 2 is 1.79 bits per heavy atom. The van der Waals surface area contributed by atoms with Gasteiger partial charge in [-0.1, -0.05) is 43.0 Å². The predicted octanol–water partition coefficient (Wildman–Crippen LogP) is 5.14. The van der Waals surface area contributed by atoms with Crippen molar-refractivity contribution in [3.05, 3.63) is 47.2 Å². The zero-order valence-corrected chi connectivity index (χ0v) is 17.4. The number of anilines is 1. The van der Waals surface area contributed by atoms with E-state index in [0.717, 1.165) is 25.7 Å². The fourth-order valence-electron chi connectivity index (χ4n) is 4.41. The van der Waals surface area contributed by atoms with Gasteiger partial charge in [0, 0.05) is 25.2 Å². The van der Waals surface area contributed by atoms with E-state index in [1.54, 1.807) is 31.3 Å². The first-order valence-electron chi connectivity index (χ1n) is 9.69. The van der Waals surface area contributed by atoms with E-state index in [1.165, 1.54) is 22.9 Å². The Hall–Kier alpha value is -1.63. The second-order valence-electron chi connectivity index (χ2n) is 7.70. The number of nitrogens with zero attached hydrogens (tertiary/aromatic N) is 1. The molecule has 1 N–H and O–H groups in total. The molecule has 2 aromatic carbocycles. The summed E-state index contributed by atoms with van der Waals surface area (Å²) in [7, 11) is -1.99. The van der Waals surface area contributed by atoms with Crippen molar-refractivity contribution in [3.8, 4) is 11.1 Å². The minimum atomic E-state index is -3.67. The molecular weight excluding hydrogens is 399 g/mol. The molecule has 4 rings (SSSR count). The molecule has 1 saturated carbocycles. The van der Waals surface area contributed by atoms with E-state index < -0.39 is 10.0 Å². The molecule has 0 bridgehead atoms. The van der Waals surface area contributed by atoms with Crippen LogP contribution < -0.4 is 5.32 Å². The van der Waals surface area contributed by atoms with Gasteiger partial charge in [-0.2, -0.15) is 4.31 Å². The first-order chi connectivity index (χ1) is 13.4. The van der Waals surface area contributed by atoms with Gasteiger partial charge in [-0.05, 0) is 48.6 Å². The van der Waals surface area contributed by atoms with Gasteiger partial charge in [0.05, 0.1) is 10.7 Å². The lowest BCUT2D eigenvalue weighted by molar-refractivity contribution is 0.222. The van der Waals surface area contributed by atoms with Crippen LogP contribution in [0.3, 0.4) is 0 Å². The highest BCUT2D eigenvalue weighted by molar-refractivity contribution is 7.89. The summed E-state index contributed by atoms with van der Waals surface area (Å²) < 4.78 is 41.6. The molecule has 0 amide bonds. The van der Waals surface area contributed by atoms with E-state index >= 15 is 0 Å².